The first-order valence-corrected chi connectivity index (χ1v) is 8.94. The largest absolute Gasteiger partial charge is 0.494 e. The van der Waals surface area contributed by atoms with Gasteiger partial charge >= 0.3 is 0 Å². The number of aromatic nitrogens is 1. The van der Waals surface area contributed by atoms with Crippen molar-refractivity contribution in [2.45, 2.75) is 12.8 Å². The van der Waals surface area contributed by atoms with Gasteiger partial charge in [0.05, 0.1) is 17.9 Å². The molecule has 0 aliphatic carbocycles. The monoisotopic (exact) mass is 375 g/mol. The van der Waals surface area contributed by atoms with Gasteiger partial charge in [0, 0.05) is 27.4 Å². The van der Waals surface area contributed by atoms with Crippen LogP contribution in [-0.2, 0) is 11.3 Å². The van der Waals surface area contributed by atoms with Crippen LogP contribution in [0.3, 0.4) is 0 Å². The first kappa shape index (κ1) is 19.0. The van der Waals surface area contributed by atoms with E-state index in [2.05, 4.69) is 4.98 Å². The van der Waals surface area contributed by atoms with Crippen LogP contribution in [0.4, 0.5) is 0 Å². The van der Waals surface area contributed by atoms with Crippen LogP contribution < -0.4 is 10.3 Å². The fourth-order valence-corrected chi connectivity index (χ4v) is 2.45. The van der Waals surface area contributed by atoms with Gasteiger partial charge in [-0.3, -0.25) is 4.79 Å². The van der Waals surface area contributed by atoms with E-state index in [0.29, 0.717) is 17.9 Å². The van der Waals surface area contributed by atoms with E-state index < -0.39 is 0 Å². The standard InChI is InChI=1S/C13H13NO3S.C6H5Cl/c15-13-6-3-10-9-11(4-5-12(10)14-13)17-7-1-2-8-18-16;7-6-4-2-1-3-5-6/h3-6,8-9H,1-2,7H2,(H,14,15);1-5H. The highest BCUT2D eigenvalue weighted by Crippen LogP contribution is 2.18. The fourth-order valence-electron chi connectivity index (χ4n) is 2.04. The van der Waals surface area contributed by atoms with Crippen LogP contribution in [0.1, 0.15) is 12.8 Å². The number of H-pyrrole nitrogens is 1. The van der Waals surface area contributed by atoms with Crippen molar-refractivity contribution >= 4 is 39.1 Å². The molecule has 3 aromatic rings. The first-order chi connectivity index (χ1) is 12.2. The van der Waals surface area contributed by atoms with E-state index in [-0.39, 0.29) is 5.56 Å². The highest BCUT2D eigenvalue weighted by atomic mass is 35.5. The van der Waals surface area contributed by atoms with Crippen LogP contribution in [0.15, 0.2) is 65.5 Å². The number of hydrogen-bond acceptors (Lipinski definition) is 3. The highest BCUT2D eigenvalue weighted by molar-refractivity contribution is 7.64. The number of aromatic amines is 1. The van der Waals surface area contributed by atoms with Gasteiger partial charge in [-0.25, -0.2) is 4.21 Å². The Balaban J connectivity index is 0.000000269. The average Bonchev–Trinajstić information content (AvgIpc) is 2.63. The molecule has 0 aliphatic heterocycles. The summed E-state index contributed by atoms with van der Waals surface area (Å²) in [6, 6.07) is 18.2. The van der Waals surface area contributed by atoms with Crippen LogP contribution in [-0.4, -0.2) is 21.2 Å². The number of halogens is 1. The van der Waals surface area contributed by atoms with Crippen LogP contribution in [0.25, 0.3) is 10.9 Å². The Bertz CT molecular complexity index is 905. The molecule has 130 valence electrons. The summed E-state index contributed by atoms with van der Waals surface area (Å²) >= 11 is 6.03. The van der Waals surface area contributed by atoms with Gasteiger partial charge in [-0.15, -0.1) is 0 Å². The zero-order valence-corrected chi connectivity index (χ0v) is 15.1. The molecule has 1 aromatic heterocycles. The third-order valence-electron chi connectivity index (χ3n) is 3.23. The number of hydrogen-bond donors (Lipinski definition) is 1. The lowest BCUT2D eigenvalue weighted by Gasteiger charge is -2.06. The minimum absolute atomic E-state index is 0.109. The molecule has 0 radical (unpaired) electrons. The van der Waals surface area contributed by atoms with Gasteiger partial charge in [0.1, 0.15) is 5.75 Å². The number of pyridine rings is 1. The summed E-state index contributed by atoms with van der Waals surface area (Å²) in [6.07, 6.45) is 1.56. The van der Waals surface area contributed by atoms with E-state index in [0.717, 1.165) is 34.5 Å². The Labute approximate surface area is 154 Å². The van der Waals surface area contributed by atoms with Gasteiger partial charge in [0.15, 0.2) is 0 Å². The Hall–Kier alpha value is -2.37. The molecule has 0 atom stereocenters. The van der Waals surface area contributed by atoms with Crippen molar-refractivity contribution in [3.8, 4) is 5.75 Å². The van der Waals surface area contributed by atoms with Crippen molar-refractivity contribution < 1.29 is 8.95 Å². The predicted octanol–water partition coefficient (Wildman–Crippen LogP) is 4.04. The van der Waals surface area contributed by atoms with E-state index in [1.165, 1.54) is 6.07 Å². The average molecular weight is 376 g/mol. The molecule has 4 nitrogen and oxygen atoms in total. The molecule has 0 unspecified atom stereocenters. The van der Waals surface area contributed by atoms with Crippen molar-refractivity contribution in [2.75, 3.05) is 6.61 Å². The Kier molecular flexibility index (Phi) is 7.95. The van der Waals surface area contributed by atoms with Crippen LogP contribution >= 0.6 is 11.6 Å². The predicted molar refractivity (Wildman–Crippen MR) is 105 cm³/mol. The summed E-state index contributed by atoms with van der Waals surface area (Å²) in [7, 11) is 0. The van der Waals surface area contributed by atoms with Gasteiger partial charge in [-0.05, 0) is 49.2 Å². The molecule has 6 heteroatoms. The summed E-state index contributed by atoms with van der Waals surface area (Å²) in [4.78, 5) is 13.9. The molecule has 0 saturated carbocycles. The quantitative estimate of drug-likeness (QED) is 0.540. The van der Waals surface area contributed by atoms with E-state index in [1.807, 2.05) is 48.5 Å². The zero-order valence-electron chi connectivity index (χ0n) is 13.5. The Morgan fingerprint density at radius 3 is 2.56 bits per heavy atom. The Morgan fingerprint density at radius 1 is 1.08 bits per heavy atom. The number of nitrogens with one attached hydrogen (secondary N) is 1. The second kappa shape index (κ2) is 10.5. The molecule has 0 aliphatic rings. The second-order valence-corrected chi connectivity index (χ2v) is 6.08. The van der Waals surface area contributed by atoms with Crippen molar-refractivity contribution in [2.24, 2.45) is 0 Å². The van der Waals surface area contributed by atoms with Gasteiger partial charge in [-0.2, -0.15) is 0 Å². The van der Waals surface area contributed by atoms with Crippen LogP contribution in [0.5, 0.6) is 5.75 Å². The number of benzene rings is 2. The normalized spacial score (nSPS) is 9.80. The van der Waals surface area contributed by atoms with E-state index in [9.17, 15) is 9.00 Å². The Morgan fingerprint density at radius 2 is 1.88 bits per heavy atom. The molecular weight excluding hydrogens is 358 g/mol. The summed E-state index contributed by atoms with van der Waals surface area (Å²) in [5.41, 5.74) is 0.688. The zero-order chi connectivity index (χ0) is 17.9. The van der Waals surface area contributed by atoms with Crippen molar-refractivity contribution in [3.05, 3.63) is 76.0 Å². The lowest BCUT2D eigenvalue weighted by atomic mass is 10.2. The number of rotatable bonds is 5. The maximum Gasteiger partial charge on any atom is 0.248 e. The molecule has 3 rings (SSSR count). The van der Waals surface area contributed by atoms with E-state index in [1.54, 1.807) is 11.4 Å². The van der Waals surface area contributed by atoms with Gasteiger partial charge in [0.25, 0.3) is 0 Å². The number of fused-ring (bicyclic) bond motifs is 1. The summed E-state index contributed by atoms with van der Waals surface area (Å²) < 4.78 is 15.7. The lowest BCUT2D eigenvalue weighted by Crippen LogP contribution is -2.02. The van der Waals surface area contributed by atoms with E-state index >= 15 is 0 Å². The summed E-state index contributed by atoms with van der Waals surface area (Å²) in [6.45, 7) is 0.575. The number of ether oxygens (including phenoxy) is 1. The lowest BCUT2D eigenvalue weighted by molar-refractivity contribution is 0.314. The van der Waals surface area contributed by atoms with Crippen molar-refractivity contribution in [3.63, 3.8) is 0 Å². The molecule has 0 bridgehead atoms. The second-order valence-electron chi connectivity index (χ2n) is 5.12. The van der Waals surface area contributed by atoms with Crippen molar-refractivity contribution in [1.82, 2.24) is 4.98 Å². The maximum atomic E-state index is 11.1. The highest BCUT2D eigenvalue weighted by Gasteiger charge is 1.98. The third kappa shape index (κ3) is 6.95. The van der Waals surface area contributed by atoms with E-state index in [4.69, 9.17) is 16.3 Å². The minimum Gasteiger partial charge on any atom is -0.494 e. The maximum absolute atomic E-state index is 11.1. The third-order valence-corrected chi connectivity index (χ3v) is 3.86. The first-order valence-electron chi connectivity index (χ1n) is 7.76. The molecule has 25 heavy (non-hydrogen) atoms. The van der Waals surface area contributed by atoms with Gasteiger partial charge in [0.2, 0.25) is 5.56 Å². The van der Waals surface area contributed by atoms with Crippen LogP contribution in [0, 0.1) is 0 Å². The fraction of sp³-hybridized carbons (Fsp3) is 0.158. The SMILES string of the molecule is Clc1ccccc1.O=S=CCCCOc1ccc2[nH]c(=O)ccc2c1. The smallest absolute Gasteiger partial charge is 0.248 e. The molecule has 0 fully saturated rings. The van der Waals surface area contributed by atoms with Gasteiger partial charge < -0.3 is 9.72 Å². The molecule has 0 amide bonds. The molecule has 0 saturated heterocycles. The van der Waals surface area contributed by atoms with Gasteiger partial charge in [-0.1, -0.05) is 29.8 Å². The summed E-state index contributed by atoms with van der Waals surface area (Å²) in [5, 5.41) is 3.35. The molecule has 0 spiro atoms. The molecule has 1 heterocycles. The number of unbranched alkanes of at least 4 members (excludes halogenated alkanes) is 1. The molecule has 2 aromatic carbocycles. The topological polar surface area (TPSA) is 59.2 Å². The van der Waals surface area contributed by atoms with Crippen molar-refractivity contribution in [1.29, 1.82) is 0 Å². The van der Waals surface area contributed by atoms with Crippen LogP contribution in [0.2, 0.25) is 5.02 Å². The molecule has 1 N–H and O–H groups in total. The minimum atomic E-state index is -0.109. The summed E-state index contributed by atoms with van der Waals surface area (Å²) in [5.74, 6) is 0.768. The molecular formula is C19H18ClNO3S.